The van der Waals surface area contributed by atoms with Gasteiger partial charge < -0.3 is 9.15 Å². The van der Waals surface area contributed by atoms with Crippen LogP contribution in [0.2, 0.25) is 0 Å². The zero-order chi connectivity index (χ0) is 14.5. The van der Waals surface area contributed by atoms with E-state index in [9.17, 15) is 4.79 Å². The molecule has 2 rings (SSSR count). The van der Waals surface area contributed by atoms with Crippen LogP contribution in [0.1, 0.15) is 29.1 Å². The minimum Gasteiger partial charge on any atom is -0.496 e. The molecule has 0 atom stereocenters. The topological polar surface area (TPSA) is 65.2 Å². The highest BCUT2D eigenvalue weighted by Crippen LogP contribution is 2.30. The fourth-order valence-electron chi connectivity index (χ4n) is 1.69. The van der Waals surface area contributed by atoms with Crippen LogP contribution in [0.5, 0.6) is 5.75 Å². The van der Waals surface area contributed by atoms with Crippen molar-refractivity contribution in [2.45, 2.75) is 25.2 Å². The summed E-state index contributed by atoms with van der Waals surface area (Å²) in [5, 5.41) is 7.74. The zero-order valence-corrected chi connectivity index (χ0v) is 12.5. The molecule has 1 heterocycles. The van der Waals surface area contributed by atoms with Gasteiger partial charge in [0.15, 0.2) is 5.78 Å². The van der Waals surface area contributed by atoms with Gasteiger partial charge in [-0.3, -0.25) is 4.79 Å². The van der Waals surface area contributed by atoms with Gasteiger partial charge in [-0.05, 0) is 19.1 Å². The Morgan fingerprint density at radius 1 is 1.40 bits per heavy atom. The fourth-order valence-corrected chi connectivity index (χ4v) is 2.64. The van der Waals surface area contributed by atoms with Crippen molar-refractivity contribution >= 4 is 17.5 Å². The summed E-state index contributed by atoms with van der Waals surface area (Å²) in [5.74, 6) is 2.76. The molecule has 1 aromatic heterocycles. The van der Waals surface area contributed by atoms with E-state index in [2.05, 4.69) is 10.2 Å². The molecular formula is C14H16N2O3S. The van der Waals surface area contributed by atoms with Gasteiger partial charge in [0.2, 0.25) is 11.8 Å². The number of thioether (sulfide) groups is 1. The van der Waals surface area contributed by atoms with Gasteiger partial charge in [-0.1, -0.05) is 6.07 Å². The number of Topliss-reactive ketones (excluding diaryl/α,β-unsaturated/α-hetero) is 1. The number of aromatic nitrogens is 2. The summed E-state index contributed by atoms with van der Waals surface area (Å²) in [6, 6.07) is 5.48. The molecule has 6 heteroatoms. The number of carbonyl (C=O) groups is 1. The van der Waals surface area contributed by atoms with Crippen molar-refractivity contribution in [3.63, 3.8) is 0 Å². The van der Waals surface area contributed by atoms with E-state index < -0.39 is 0 Å². The van der Waals surface area contributed by atoms with Crippen LogP contribution in [0, 0.1) is 6.92 Å². The number of methoxy groups -OCH3 is 1. The average molecular weight is 292 g/mol. The first-order valence-corrected chi connectivity index (χ1v) is 7.19. The van der Waals surface area contributed by atoms with Gasteiger partial charge in [0, 0.05) is 29.6 Å². The van der Waals surface area contributed by atoms with Crippen LogP contribution in [-0.4, -0.2) is 28.8 Å². The molecule has 1 aromatic carbocycles. The lowest BCUT2D eigenvalue weighted by Crippen LogP contribution is -1.95. The van der Waals surface area contributed by atoms with E-state index in [-0.39, 0.29) is 5.78 Å². The second-order valence-corrected chi connectivity index (χ2v) is 5.37. The molecule has 0 saturated heterocycles. The van der Waals surface area contributed by atoms with Crippen molar-refractivity contribution in [2.75, 3.05) is 12.9 Å². The van der Waals surface area contributed by atoms with E-state index in [0.29, 0.717) is 29.5 Å². The number of carbonyl (C=O) groups excluding carboxylic acids is 1. The summed E-state index contributed by atoms with van der Waals surface area (Å²) in [7, 11) is 1.60. The number of ketones is 1. The lowest BCUT2D eigenvalue weighted by atomic mass is 10.1. The number of rotatable bonds is 6. The third-order valence-electron chi connectivity index (χ3n) is 2.71. The number of benzene rings is 1. The molecule has 5 nitrogen and oxygen atoms in total. The molecule has 0 N–H and O–H groups in total. The van der Waals surface area contributed by atoms with Crippen LogP contribution in [0.4, 0.5) is 0 Å². The Bertz CT molecular complexity index is 610. The minimum absolute atomic E-state index is 0.0289. The van der Waals surface area contributed by atoms with Gasteiger partial charge >= 0.3 is 0 Å². The number of hydrogen-bond acceptors (Lipinski definition) is 6. The highest BCUT2D eigenvalue weighted by molar-refractivity contribution is 7.99. The van der Waals surface area contributed by atoms with E-state index in [1.54, 1.807) is 38.8 Å². The molecule has 20 heavy (non-hydrogen) atoms. The van der Waals surface area contributed by atoms with Crippen LogP contribution < -0.4 is 4.74 Å². The van der Waals surface area contributed by atoms with Crippen LogP contribution >= 0.6 is 11.8 Å². The Morgan fingerprint density at radius 3 is 2.80 bits per heavy atom. The van der Waals surface area contributed by atoms with Gasteiger partial charge in [-0.25, -0.2) is 0 Å². The first-order chi connectivity index (χ1) is 9.60. The normalized spacial score (nSPS) is 10.6. The first kappa shape index (κ1) is 14.6. The molecule has 0 aliphatic carbocycles. The van der Waals surface area contributed by atoms with Crippen LogP contribution in [0.3, 0.4) is 0 Å². The second-order valence-electron chi connectivity index (χ2n) is 4.24. The molecule has 0 bridgehead atoms. The lowest BCUT2D eigenvalue weighted by Gasteiger charge is -2.08. The Hall–Kier alpha value is -1.82. The predicted octanol–water partition coefficient (Wildman–Crippen LogP) is 2.92. The molecule has 0 fully saturated rings. The first-order valence-electron chi connectivity index (χ1n) is 6.21. The molecule has 0 amide bonds. The van der Waals surface area contributed by atoms with Crippen molar-refractivity contribution in [3.8, 4) is 5.75 Å². The third kappa shape index (κ3) is 3.60. The molecule has 0 aliphatic heterocycles. The van der Waals surface area contributed by atoms with Crippen molar-refractivity contribution in [1.82, 2.24) is 10.2 Å². The number of ether oxygens (including phenoxy) is 1. The maximum absolute atomic E-state index is 11.3. The Balaban J connectivity index is 2.00. The summed E-state index contributed by atoms with van der Waals surface area (Å²) in [6.07, 6.45) is 0.698. The maximum Gasteiger partial charge on any atom is 0.217 e. The molecule has 0 saturated carbocycles. The van der Waals surface area contributed by atoms with E-state index in [1.807, 2.05) is 12.1 Å². The van der Waals surface area contributed by atoms with E-state index in [4.69, 9.17) is 9.15 Å². The molecule has 0 unspecified atom stereocenters. The Kier molecular flexibility index (Phi) is 4.79. The van der Waals surface area contributed by atoms with Gasteiger partial charge in [-0.15, -0.1) is 22.0 Å². The highest BCUT2D eigenvalue weighted by atomic mass is 32.2. The van der Waals surface area contributed by atoms with Gasteiger partial charge in [0.25, 0.3) is 0 Å². The smallest absolute Gasteiger partial charge is 0.217 e. The van der Waals surface area contributed by atoms with Gasteiger partial charge in [0.05, 0.1) is 7.11 Å². The summed E-state index contributed by atoms with van der Waals surface area (Å²) >= 11 is 1.63. The Morgan fingerprint density at radius 2 is 2.20 bits per heavy atom. The molecule has 106 valence electrons. The van der Waals surface area contributed by atoms with Crippen molar-refractivity contribution in [2.24, 2.45) is 0 Å². The molecule has 0 spiro atoms. The van der Waals surface area contributed by atoms with Gasteiger partial charge in [0.1, 0.15) is 5.75 Å². The van der Waals surface area contributed by atoms with E-state index in [0.717, 1.165) is 10.6 Å². The van der Waals surface area contributed by atoms with Gasteiger partial charge in [-0.2, -0.15) is 0 Å². The molecule has 2 aromatic rings. The zero-order valence-electron chi connectivity index (χ0n) is 11.7. The average Bonchev–Trinajstić information content (AvgIpc) is 2.84. The third-order valence-corrected chi connectivity index (χ3v) is 3.77. The molecule has 0 aliphatic rings. The molecular weight excluding hydrogens is 276 g/mol. The summed E-state index contributed by atoms with van der Waals surface area (Å²) in [5.41, 5.74) is 0.652. The number of nitrogens with zero attached hydrogens (tertiary/aromatic N) is 2. The largest absolute Gasteiger partial charge is 0.496 e. The molecule has 0 radical (unpaired) electrons. The number of aryl methyl sites for hydroxylation is 2. The number of hydrogen-bond donors (Lipinski definition) is 0. The predicted molar refractivity (Wildman–Crippen MR) is 76.5 cm³/mol. The minimum atomic E-state index is 0.0289. The summed E-state index contributed by atoms with van der Waals surface area (Å²) < 4.78 is 10.6. The van der Waals surface area contributed by atoms with Crippen molar-refractivity contribution in [1.29, 1.82) is 0 Å². The summed E-state index contributed by atoms with van der Waals surface area (Å²) in [6.45, 7) is 3.31. The quantitative estimate of drug-likeness (QED) is 0.602. The second kappa shape index (κ2) is 6.56. The van der Waals surface area contributed by atoms with Crippen LogP contribution in [0.25, 0.3) is 0 Å². The van der Waals surface area contributed by atoms with Crippen molar-refractivity contribution < 1.29 is 13.9 Å². The highest BCUT2D eigenvalue weighted by Gasteiger charge is 2.09. The van der Waals surface area contributed by atoms with Crippen LogP contribution in [0.15, 0.2) is 27.5 Å². The monoisotopic (exact) mass is 292 g/mol. The fraction of sp³-hybridized carbons (Fsp3) is 0.357. The summed E-state index contributed by atoms with van der Waals surface area (Å²) in [4.78, 5) is 12.3. The maximum atomic E-state index is 11.3. The van der Waals surface area contributed by atoms with E-state index >= 15 is 0 Å². The van der Waals surface area contributed by atoms with Crippen LogP contribution in [-0.2, 0) is 6.42 Å². The Labute approximate surface area is 121 Å². The standard InChI is InChI=1S/C14H16N2O3S/c1-9(17)11-4-5-13(12(8-11)18-3)20-7-6-14-16-15-10(2)19-14/h4-5,8H,6-7H2,1-3H3. The van der Waals surface area contributed by atoms with E-state index in [1.165, 1.54) is 0 Å². The SMILES string of the molecule is COc1cc(C(C)=O)ccc1SCCc1nnc(C)o1. The lowest BCUT2D eigenvalue weighted by molar-refractivity contribution is 0.101. The van der Waals surface area contributed by atoms with Crippen molar-refractivity contribution in [3.05, 3.63) is 35.5 Å².